The number of anilines is 1. The molecule has 1 aromatic rings. The zero-order chi connectivity index (χ0) is 15.4. The van der Waals surface area contributed by atoms with Gasteiger partial charge in [0, 0.05) is 12.2 Å². The number of carboxylic acids is 1. The summed E-state index contributed by atoms with van der Waals surface area (Å²) in [6.07, 6.45) is 0.818. The number of carbonyl (C=O) groups is 2. The Bertz CT molecular complexity index is 532. The second-order valence-corrected chi connectivity index (χ2v) is 5.17. The van der Waals surface area contributed by atoms with Crippen molar-refractivity contribution in [3.63, 3.8) is 0 Å². The highest BCUT2D eigenvalue weighted by Crippen LogP contribution is 2.17. The van der Waals surface area contributed by atoms with Crippen LogP contribution in [0.2, 0.25) is 0 Å². The van der Waals surface area contributed by atoms with E-state index in [0.717, 1.165) is 6.42 Å². The van der Waals surface area contributed by atoms with Crippen LogP contribution >= 0.6 is 0 Å². The van der Waals surface area contributed by atoms with Gasteiger partial charge in [0.15, 0.2) is 0 Å². The smallest absolute Gasteiger partial charge is 0.335 e. The monoisotopic (exact) mass is 292 g/mol. The van der Waals surface area contributed by atoms with E-state index in [1.165, 1.54) is 12.1 Å². The molecule has 21 heavy (non-hydrogen) atoms. The number of benzene rings is 1. The highest BCUT2D eigenvalue weighted by atomic mass is 16.5. The maximum absolute atomic E-state index is 12.4. The lowest BCUT2D eigenvalue weighted by molar-refractivity contribution is -0.0357. The second kappa shape index (κ2) is 6.58. The van der Waals surface area contributed by atoms with Gasteiger partial charge in [-0.1, -0.05) is 13.0 Å². The Labute approximate surface area is 123 Å². The summed E-state index contributed by atoms with van der Waals surface area (Å²) in [6.45, 7) is 5.00. The molecule has 2 N–H and O–H groups in total. The Morgan fingerprint density at radius 1 is 1.48 bits per heavy atom. The number of ether oxygens (including phenoxy) is 1. The lowest BCUT2D eigenvalue weighted by Crippen LogP contribution is -2.52. The molecule has 0 radical (unpaired) electrons. The van der Waals surface area contributed by atoms with Gasteiger partial charge in [-0.15, -0.1) is 0 Å². The Morgan fingerprint density at radius 2 is 2.24 bits per heavy atom. The zero-order valence-electron chi connectivity index (χ0n) is 12.2. The number of aromatic carboxylic acids is 1. The predicted molar refractivity (Wildman–Crippen MR) is 78.6 cm³/mol. The van der Waals surface area contributed by atoms with Gasteiger partial charge in [0.05, 0.1) is 24.3 Å². The molecule has 2 atom stereocenters. The number of urea groups is 1. The first-order valence-electron chi connectivity index (χ1n) is 7.03. The summed E-state index contributed by atoms with van der Waals surface area (Å²) in [5, 5.41) is 11.7. The highest BCUT2D eigenvalue weighted by Gasteiger charge is 2.29. The van der Waals surface area contributed by atoms with E-state index in [-0.39, 0.29) is 23.7 Å². The molecule has 0 saturated carbocycles. The van der Waals surface area contributed by atoms with Gasteiger partial charge in [-0.3, -0.25) is 0 Å². The molecule has 1 fully saturated rings. The molecule has 2 amide bonds. The number of hydrogen-bond acceptors (Lipinski definition) is 3. The summed E-state index contributed by atoms with van der Waals surface area (Å²) in [5.74, 6) is -1.02. The molecule has 6 nitrogen and oxygen atoms in total. The summed E-state index contributed by atoms with van der Waals surface area (Å²) in [7, 11) is 0. The van der Waals surface area contributed by atoms with Crippen molar-refractivity contribution in [3.05, 3.63) is 29.8 Å². The molecule has 2 unspecified atom stereocenters. The Morgan fingerprint density at radius 3 is 2.90 bits per heavy atom. The molecule has 0 aliphatic carbocycles. The Kier molecular flexibility index (Phi) is 4.80. The lowest BCUT2D eigenvalue weighted by atomic mass is 10.1. The molecule has 1 aliphatic heterocycles. The van der Waals surface area contributed by atoms with Gasteiger partial charge in [0.25, 0.3) is 0 Å². The first-order valence-corrected chi connectivity index (χ1v) is 7.03. The Balaban J connectivity index is 2.09. The van der Waals surface area contributed by atoms with E-state index >= 15 is 0 Å². The SMILES string of the molecule is CCC1COC(C)CN1C(=O)Nc1cccc(C(=O)O)c1. The molecule has 0 spiro atoms. The quantitative estimate of drug-likeness (QED) is 0.896. The molecule has 1 heterocycles. The second-order valence-electron chi connectivity index (χ2n) is 5.17. The molecular weight excluding hydrogens is 272 g/mol. The van der Waals surface area contributed by atoms with E-state index in [9.17, 15) is 9.59 Å². The third-order valence-electron chi connectivity index (χ3n) is 3.56. The number of carbonyl (C=O) groups excluding carboxylic acids is 1. The van der Waals surface area contributed by atoms with Crippen molar-refractivity contribution >= 4 is 17.7 Å². The van der Waals surface area contributed by atoms with E-state index in [1.54, 1.807) is 17.0 Å². The van der Waals surface area contributed by atoms with Gasteiger partial charge in [-0.05, 0) is 31.5 Å². The fraction of sp³-hybridized carbons (Fsp3) is 0.467. The number of morpholine rings is 1. The number of nitrogens with zero attached hydrogens (tertiary/aromatic N) is 1. The van der Waals surface area contributed by atoms with Crippen molar-refractivity contribution in [1.82, 2.24) is 4.90 Å². The van der Waals surface area contributed by atoms with Crippen LogP contribution in [0.15, 0.2) is 24.3 Å². The molecule has 114 valence electrons. The van der Waals surface area contributed by atoms with E-state index in [0.29, 0.717) is 18.8 Å². The van der Waals surface area contributed by atoms with Crippen LogP contribution in [0.5, 0.6) is 0 Å². The molecule has 1 aliphatic rings. The summed E-state index contributed by atoms with van der Waals surface area (Å²) >= 11 is 0. The number of carboxylic acid groups (broad SMARTS) is 1. The molecule has 1 saturated heterocycles. The summed E-state index contributed by atoms with van der Waals surface area (Å²) in [5.41, 5.74) is 0.629. The van der Waals surface area contributed by atoms with Crippen LogP contribution in [-0.2, 0) is 4.74 Å². The fourth-order valence-electron chi connectivity index (χ4n) is 2.36. The maximum atomic E-state index is 12.4. The Hall–Kier alpha value is -2.08. The van der Waals surface area contributed by atoms with Gasteiger partial charge < -0.3 is 20.1 Å². The van der Waals surface area contributed by atoms with E-state index < -0.39 is 5.97 Å². The van der Waals surface area contributed by atoms with E-state index in [2.05, 4.69) is 5.32 Å². The highest BCUT2D eigenvalue weighted by molar-refractivity contribution is 5.93. The van der Waals surface area contributed by atoms with Gasteiger partial charge in [0.2, 0.25) is 0 Å². The topological polar surface area (TPSA) is 78.9 Å². The molecule has 0 bridgehead atoms. The fourth-order valence-corrected chi connectivity index (χ4v) is 2.36. The summed E-state index contributed by atoms with van der Waals surface area (Å²) in [6, 6.07) is 6.05. The number of hydrogen-bond donors (Lipinski definition) is 2. The van der Waals surface area contributed by atoms with E-state index in [1.807, 2.05) is 13.8 Å². The summed E-state index contributed by atoms with van der Waals surface area (Å²) < 4.78 is 5.56. The average Bonchev–Trinajstić information content (AvgIpc) is 2.47. The van der Waals surface area contributed by atoms with Crippen LogP contribution in [0.4, 0.5) is 10.5 Å². The number of rotatable bonds is 3. The standard InChI is InChI=1S/C15H20N2O4/c1-3-13-9-21-10(2)8-17(13)15(20)16-12-6-4-5-11(7-12)14(18)19/h4-7,10,13H,3,8-9H2,1-2H3,(H,16,20)(H,18,19). The zero-order valence-corrected chi connectivity index (χ0v) is 12.2. The molecule has 0 aromatic heterocycles. The third kappa shape index (κ3) is 3.72. The van der Waals surface area contributed by atoms with Crippen molar-refractivity contribution in [1.29, 1.82) is 0 Å². The maximum Gasteiger partial charge on any atom is 0.335 e. The molecule has 2 rings (SSSR count). The van der Waals surface area contributed by atoms with Crippen LogP contribution in [0.1, 0.15) is 30.6 Å². The van der Waals surface area contributed by atoms with Crippen molar-refractivity contribution in [2.75, 3.05) is 18.5 Å². The molecule has 6 heteroatoms. The minimum atomic E-state index is -1.02. The lowest BCUT2D eigenvalue weighted by Gasteiger charge is -2.38. The minimum absolute atomic E-state index is 0.00361. The average molecular weight is 292 g/mol. The van der Waals surface area contributed by atoms with Gasteiger partial charge in [0.1, 0.15) is 0 Å². The van der Waals surface area contributed by atoms with Crippen LogP contribution in [-0.4, -0.2) is 47.3 Å². The largest absolute Gasteiger partial charge is 0.478 e. The van der Waals surface area contributed by atoms with Gasteiger partial charge >= 0.3 is 12.0 Å². The number of nitrogens with one attached hydrogen (secondary N) is 1. The van der Waals surface area contributed by atoms with Gasteiger partial charge in [-0.2, -0.15) is 0 Å². The minimum Gasteiger partial charge on any atom is -0.478 e. The van der Waals surface area contributed by atoms with Crippen molar-refractivity contribution in [2.24, 2.45) is 0 Å². The first-order chi connectivity index (χ1) is 10.0. The van der Waals surface area contributed by atoms with Crippen LogP contribution in [0.25, 0.3) is 0 Å². The van der Waals surface area contributed by atoms with Crippen molar-refractivity contribution in [2.45, 2.75) is 32.4 Å². The van der Waals surface area contributed by atoms with Crippen LogP contribution < -0.4 is 5.32 Å². The summed E-state index contributed by atoms with van der Waals surface area (Å²) in [4.78, 5) is 25.1. The molecular formula is C15H20N2O4. The first kappa shape index (κ1) is 15.3. The van der Waals surface area contributed by atoms with Gasteiger partial charge in [-0.25, -0.2) is 9.59 Å². The predicted octanol–water partition coefficient (Wildman–Crippen LogP) is 2.42. The molecule has 1 aromatic carbocycles. The van der Waals surface area contributed by atoms with E-state index in [4.69, 9.17) is 9.84 Å². The van der Waals surface area contributed by atoms with Crippen LogP contribution in [0.3, 0.4) is 0 Å². The van der Waals surface area contributed by atoms with Crippen LogP contribution in [0, 0.1) is 0 Å². The third-order valence-corrected chi connectivity index (χ3v) is 3.56. The van der Waals surface area contributed by atoms with Crippen molar-refractivity contribution in [3.8, 4) is 0 Å². The number of amides is 2. The normalized spacial score (nSPS) is 21.9. The van der Waals surface area contributed by atoms with Crippen molar-refractivity contribution < 1.29 is 19.4 Å².